The molecule has 0 bridgehead atoms. The van der Waals surface area contributed by atoms with Crippen LogP contribution in [0.2, 0.25) is 0 Å². The average Bonchev–Trinajstić information content (AvgIpc) is 2.94. The molecule has 1 aromatic carbocycles. The molecule has 7 heteroatoms. The van der Waals surface area contributed by atoms with E-state index in [1.807, 2.05) is 36.1 Å². The van der Waals surface area contributed by atoms with E-state index in [-0.39, 0.29) is 11.6 Å². The number of hydrogen-bond donors (Lipinski definition) is 0. The molecule has 3 nitrogen and oxygen atoms in total. The fourth-order valence-electron chi connectivity index (χ4n) is 2.25. The van der Waals surface area contributed by atoms with Crippen LogP contribution < -0.4 is 4.74 Å². The Kier molecular flexibility index (Phi) is 6.72. The highest BCUT2D eigenvalue weighted by Gasteiger charge is 2.17. The highest BCUT2D eigenvalue weighted by atomic mass is 127. The van der Waals surface area contributed by atoms with Gasteiger partial charge in [0.2, 0.25) is 0 Å². The first kappa shape index (κ1) is 18.5. The van der Waals surface area contributed by atoms with E-state index in [9.17, 15) is 4.39 Å². The third-order valence-corrected chi connectivity index (χ3v) is 5.25. The quantitative estimate of drug-likeness (QED) is 0.378. The van der Waals surface area contributed by atoms with Crippen molar-refractivity contribution in [2.75, 3.05) is 7.11 Å². The van der Waals surface area contributed by atoms with E-state index in [0.29, 0.717) is 5.56 Å². The fraction of sp³-hybridized carbons (Fsp3) is 0.188. The number of benzene rings is 1. The summed E-state index contributed by atoms with van der Waals surface area (Å²) in [5.74, 6) is -0.129. The number of methoxy groups -OCH3 is 1. The molecule has 0 aliphatic rings. The highest BCUT2D eigenvalue weighted by molar-refractivity contribution is 14.2. The van der Waals surface area contributed by atoms with Crippen molar-refractivity contribution < 1.29 is 9.13 Å². The normalized spacial score (nSPS) is 10.3. The van der Waals surface area contributed by atoms with E-state index in [1.165, 1.54) is 22.3 Å². The molecule has 2 heterocycles. The molecule has 3 aromatic rings. The lowest BCUT2D eigenvalue weighted by Gasteiger charge is -2.08. The number of fused-ring (bicyclic) bond motifs is 1. The predicted octanol–water partition coefficient (Wildman–Crippen LogP) is 6.49. The second kappa shape index (κ2) is 8.34. The number of hydrogen-bond acceptors (Lipinski definition) is 3. The number of pyridine rings is 1. The van der Waals surface area contributed by atoms with Gasteiger partial charge < -0.3 is 4.74 Å². The monoisotopic (exact) mass is 508 g/mol. The van der Waals surface area contributed by atoms with Crippen LogP contribution >= 0.6 is 46.3 Å². The zero-order valence-corrected chi connectivity index (χ0v) is 17.4. The van der Waals surface area contributed by atoms with Gasteiger partial charge in [-0.05, 0) is 28.1 Å². The Bertz CT molecular complexity index is 825. The van der Waals surface area contributed by atoms with Gasteiger partial charge in [-0.25, -0.2) is 9.37 Å². The largest absolute Gasteiger partial charge is 0.493 e. The highest BCUT2D eigenvalue weighted by Crippen LogP contribution is 2.39. The van der Waals surface area contributed by atoms with Gasteiger partial charge in [0.05, 0.1) is 7.11 Å². The van der Waals surface area contributed by atoms with Gasteiger partial charge in [0.25, 0.3) is 0 Å². The fourth-order valence-corrected chi connectivity index (χ4v) is 3.84. The van der Waals surface area contributed by atoms with E-state index in [0.717, 1.165) is 21.1 Å². The van der Waals surface area contributed by atoms with E-state index >= 15 is 0 Å². The SMILES string of the molecule is CC.COc1c(F)cccc1-c1cn(SI)c2ncc(Br)cc12. The first-order chi connectivity index (χ1) is 11.2. The van der Waals surface area contributed by atoms with Gasteiger partial charge in [-0.3, -0.25) is 3.97 Å². The van der Waals surface area contributed by atoms with Gasteiger partial charge in [-0.2, -0.15) is 0 Å². The van der Waals surface area contributed by atoms with Crippen molar-refractivity contribution in [3.63, 3.8) is 0 Å². The standard InChI is InChI=1S/C14H9BrFIN2OS.C2H6/c1-20-13-9(3-2-4-12(13)16)11-7-19(21-17)14-10(11)5-8(15)6-18-14;1-2/h2-7H,1H3;1-2H3. The van der Waals surface area contributed by atoms with Crippen LogP contribution in [-0.4, -0.2) is 16.1 Å². The minimum Gasteiger partial charge on any atom is -0.493 e. The molecule has 0 spiro atoms. The number of halogens is 3. The topological polar surface area (TPSA) is 27.1 Å². The molecule has 0 aliphatic carbocycles. The lowest BCUT2D eigenvalue weighted by Crippen LogP contribution is -1.91. The zero-order chi connectivity index (χ0) is 17.0. The molecule has 122 valence electrons. The first-order valence-electron chi connectivity index (χ1n) is 6.94. The molecule has 0 radical (unpaired) electrons. The summed E-state index contributed by atoms with van der Waals surface area (Å²) in [4.78, 5) is 4.43. The van der Waals surface area contributed by atoms with Gasteiger partial charge in [0.1, 0.15) is 0 Å². The molecule has 0 aliphatic heterocycles. The molecule has 2 aromatic heterocycles. The lowest BCUT2D eigenvalue weighted by atomic mass is 10.0. The Balaban J connectivity index is 0.000000924. The Morgan fingerprint density at radius 1 is 1.30 bits per heavy atom. The molecule has 0 fully saturated rings. The lowest BCUT2D eigenvalue weighted by molar-refractivity contribution is 0.388. The van der Waals surface area contributed by atoms with Crippen molar-refractivity contribution in [3.8, 4) is 16.9 Å². The summed E-state index contributed by atoms with van der Waals surface area (Å²) in [7, 11) is 2.99. The van der Waals surface area contributed by atoms with Crippen LogP contribution in [0.15, 0.2) is 41.1 Å². The summed E-state index contributed by atoms with van der Waals surface area (Å²) >= 11 is 5.62. The summed E-state index contributed by atoms with van der Waals surface area (Å²) in [5.41, 5.74) is 2.44. The van der Waals surface area contributed by atoms with E-state index in [4.69, 9.17) is 4.74 Å². The van der Waals surface area contributed by atoms with Crippen LogP contribution in [0.25, 0.3) is 22.2 Å². The van der Waals surface area contributed by atoms with E-state index in [2.05, 4.69) is 42.1 Å². The summed E-state index contributed by atoms with van der Waals surface area (Å²) in [5, 5.41) is 0.942. The van der Waals surface area contributed by atoms with Crippen molar-refractivity contribution in [1.82, 2.24) is 8.96 Å². The van der Waals surface area contributed by atoms with Crippen LogP contribution in [0.5, 0.6) is 5.75 Å². The average molecular weight is 509 g/mol. The number of nitrogens with zero attached hydrogens (tertiary/aromatic N) is 2. The maximum absolute atomic E-state index is 13.9. The Morgan fingerprint density at radius 2 is 2.04 bits per heavy atom. The van der Waals surface area contributed by atoms with Crippen LogP contribution in [0.4, 0.5) is 4.39 Å². The van der Waals surface area contributed by atoms with Crippen molar-refractivity contribution in [1.29, 1.82) is 0 Å². The molecule has 0 unspecified atom stereocenters. The smallest absolute Gasteiger partial charge is 0.165 e. The second-order valence-electron chi connectivity index (χ2n) is 4.28. The Hall–Kier alpha value is -0.800. The zero-order valence-electron chi connectivity index (χ0n) is 12.8. The van der Waals surface area contributed by atoms with Gasteiger partial charge >= 0.3 is 0 Å². The molecule has 23 heavy (non-hydrogen) atoms. The van der Waals surface area contributed by atoms with Crippen LogP contribution in [0, 0.1) is 5.82 Å². The summed E-state index contributed by atoms with van der Waals surface area (Å²) in [6.45, 7) is 4.00. The van der Waals surface area contributed by atoms with Crippen molar-refractivity contribution in [3.05, 3.63) is 46.9 Å². The van der Waals surface area contributed by atoms with Crippen LogP contribution in [-0.2, 0) is 0 Å². The Labute approximate surface area is 159 Å². The van der Waals surface area contributed by atoms with Crippen LogP contribution in [0.1, 0.15) is 13.8 Å². The van der Waals surface area contributed by atoms with Crippen molar-refractivity contribution in [2.24, 2.45) is 0 Å². The third-order valence-electron chi connectivity index (χ3n) is 3.11. The second-order valence-corrected chi connectivity index (χ2v) is 6.91. The number of ether oxygens (including phenoxy) is 1. The molecule has 0 N–H and O–H groups in total. The minimum atomic E-state index is -0.374. The van der Waals surface area contributed by atoms with E-state index < -0.39 is 0 Å². The molecule has 3 rings (SSSR count). The molecule has 0 saturated carbocycles. The first-order valence-corrected chi connectivity index (χ1v) is 11.0. The van der Waals surface area contributed by atoms with Crippen molar-refractivity contribution >= 4 is 57.3 Å². The van der Waals surface area contributed by atoms with Gasteiger partial charge in [0.15, 0.2) is 17.2 Å². The number of aromatic nitrogens is 2. The molecular weight excluding hydrogens is 494 g/mol. The third kappa shape index (κ3) is 3.66. The number of rotatable bonds is 3. The van der Waals surface area contributed by atoms with E-state index in [1.54, 1.807) is 12.3 Å². The molecule has 0 amide bonds. The minimum absolute atomic E-state index is 0.245. The molecular formula is C16H15BrFIN2OS. The van der Waals surface area contributed by atoms with Crippen molar-refractivity contribution in [2.45, 2.75) is 13.8 Å². The summed E-state index contributed by atoms with van der Waals surface area (Å²) < 4.78 is 22.0. The summed E-state index contributed by atoms with van der Waals surface area (Å²) in [6, 6.07) is 6.90. The van der Waals surface area contributed by atoms with Gasteiger partial charge in [0, 0.05) is 63.7 Å². The Morgan fingerprint density at radius 3 is 2.70 bits per heavy atom. The summed E-state index contributed by atoms with van der Waals surface area (Å²) in [6.07, 6.45) is 3.69. The predicted molar refractivity (Wildman–Crippen MR) is 108 cm³/mol. The maximum atomic E-state index is 13.9. The molecule has 0 atom stereocenters. The van der Waals surface area contributed by atoms with Gasteiger partial charge in [-0.15, -0.1) is 0 Å². The number of para-hydroxylation sites is 1. The maximum Gasteiger partial charge on any atom is 0.165 e. The van der Waals surface area contributed by atoms with Gasteiger partial charge in [-0.1, -0.05) is 26.0 Å². The molecule has 0 saturated heterocycles. The van der Waals surface area contributed by atoms with Crippen LogP contribution in [0.3, 0.4) is 0 Å².